The molecule has 1 atom stereocenters. The summed E-state index contributed by atoms with van der Waals surface area (Å²) in [5.41, 5.74) is 4.55. The fourth-order valence-corrected chi connectivity index (χ4v) is 1.56. The van der Waals surface area contributed by atoms with E-state index in [2.05, 4.69) is 9.97 Å². The van der Waals surface area contributed by atoms with E-state index < -0.39 is 23.6 Å². The Morgan fingerprint density at radius 3 is 2.56 bits per heavy atom. The first-order valence-electron chi connectivity index (χ1n) is 5.01. The summed E-state index contributed by atoms with van der Waals surface area (Å²) in [7, 11) is 0. The third-order valence-electron chi connectivity index (χ3n) is 2.47. The molecule has 0 saturated heterocycles. The van der Waals surface area contributed by atoms with Crippen LogP contribution in [-0.4, -0.2) is 9.97 Å². The number of aromatic nitrogens is 2. The molecule has 0 bridgehead atoms. The molecule has 3 N–H and O–H groups in total. The van der Waals surface area contributed by atoms with Gasteiger partial charge in [-0.05, 0) is 17.7 Å². The Morgan fingerprint density at radius 2 is 2.00 bits per heavy atom. The van der Waals surface area contributed by atoms with Crippen LogP contribution in [0.5, 0.6) is 0 Å². The van der Waals surface area contributed by atoms with E-state index in [4.69, 9.17) is 5.73 Å². The Bertz CT molecular complexity index is 534. The standard InChI is InChI=1S/C11H9F4N3/c12-8-2-1-6(5-7(8)11(13,14)15)9(16)10-17-3-4-18-10/h1-5,9H,16H2,(H,17,18). The SMILES string of the molecule is NC(c1ccc(F)c(C(F)(F)F)c1)c1ncc[nH]1. The van der Waals surface area contributed by atoms with Crippen LogP contribution < -0.4 is 5.73 Å². The molecule has 1 unspecified atom stereocenters. The summed E-state index contributed by atoms with van der Waals surface area (Å²) >= 11 is 0. The van der Waals surface area contributed by atoms with Crippen molar-refractivity contribution in [3.63, 3.8) is 0 Å². The van der Waals surface area contributed by atoms with Crippen LogP contribution >= 0.6 is 0 Å². The van der Waals surface area contributed by atoms with Crippen molar-refractivity contribution in [1.29, 1.82) is 0 Å². The van der Waals surface area contributed by atoms with E-state index in [1.54, 1.807) is 0 Å². The monoisotopic (exact) mass is 259 g/mol. The molecule has 0 fully saturated rings. The van der Waals surface area contributed by atoms with Crippen LogP contribution in [0.2, 0.25) is 0 Å². The topological polar surface area (TPSA) is 54.7 Å². The van der Waals surface area contributed by atoms with Gasteiger partial charge in [-0.2, -0.15) is 13.2 Å². The van der Waals surface area contributed by atoms with Crippen LogP contribution in [0, 0.1) is 5.82 Å². The molecule has 0 aliphatic carbocycles. The second-order valence-corrected chi connectivity index (χ2v) is 3.69. The van der Waals surface area contributed by atoms with Gasteiger partial charge < -0.3 is 10.7 Å². The van der Waals surface area contributed by atoms with Crippen molar-refractivity contribution in [2.75, 3.05) is 0 Å². The van der Waals surface area contributed by atoms with Crippen LogP contribution in [0.1, 0.15) is 23.0 Å². The van der Waals surface area contributed by atoms with E-state index in [-0.39, 0.29) is 5.56 Å². The van der Waals surface area contributed by atoms with E-state index in [0.29, 0.717) is 11.9 Å². The number of aromatic amines is 1. The predicted octanol–water partition coefficient (Wildman–Crippen LogP) is 2.62. The van der Waals surface area contributed by atoms with Crippen LogP contribution in [0.3, 0.4) is 0 Å². The van der Waals surface area contributed by atoms with Crippen molar-refractivity contribution in [3.05, 3.63) is 53.4 Å². The van der Waals surface area contributed by atoms with Gasteiger partial charge in [-0.3, -0.25) is 0 Å². The third-order valence-corrected chi connectivity index (χ3v) is 2.47. The Kier molecular flexibility index (Phi) is 3.08. The summed E-state index contributed by atoms with van der Waals surface area (Å²) in [5, 5.41) is 0. The van der Waals surface area contributed by atoms with Gasteiger partial charge in [0.2, 0.25) is 0 Å². The molecular weight excluding hydrogens is 250 g/mol. The van der Waals surface area contributed by atoms with Crippen molar-refractivity contribution in [2.45, 2.75) is 12.2 Å². The Morgan fingerprint density at radius 1 is 1.28 bits per heavy atom. The van der Waals surface area contributed by atoms with Crippen LogP contribution in [-0.2, 0) is 6.18 Å². The van der Waals surface area contributed by atoms with Crippen molar-refractivity contribution in [1.82, 2.24) is 9.97 Å². The zero-order chi connectivity index (χ0) is 13.3. The van der Waals surface area contributed by atoms with Gasteiger partial charge >= 0.3 is 6.18 Å². The minimum absolute atomic E-state index is 0.138. The number of alkyl halides is 3. The highest BCUT2D eigenvalue weighted by Crippen LogP contribution is 2.33. The average molecular weight is 259 g/mol. The van der Waals surface area contributed by atoms with Gasteiger partial charge in [0.1, 0.15) is 11.6 Å². The normalized spacial score (nSPS) is 13.6. The number of nitrogens with one attached hydrogen (secondary N) is 1. The second kappa shape index (κ2) is 4.41. The molecule has 0 saturated carbocycles. The van der Waals surface area contributed by atoms with E-state index >= 15 is 0 Å². The molecule has 18 heavy (non-hydrogen) atoms. The molecule has 3 nitrogen and oxygen atoms in total. The van der Waals surface area contributed by atoms with Gasteiger partial charge in [0.05, 0.1) is 11.6 Å². The quantitative estimate of drug-likeness (QED) is 0.814. The molecule has 2 aromatic rings. The minimum Gasteiger partial charge on any atom is -0.347 e. The summed E-state index contributed by atoms with van der Waals surface area (Å²) in [6.07, 6.45) is -1.81. The maximum atomic E-state index is 13.1. The largest absolute Gasteiger partial charge is 0.419 e. The molecule has 96 valence electrons. The smallest absolute Gasteiger partial charge is 0.347 e. The first-order chi connectivity index (χ1) is 8.39. The number of benzene rings is 1. The van der Waals surface area contributed by atoms with Crippen molar-refractivity contribution < 1.29 is 17.6 Å². The Hall–Kier alpha value is -1.89. The highest BCUT2D eigenvalue weighted by molar-refractivity contribution is 5.32. The molecule has 0 aliphatic rings. The number of hydrogen-bond acceptors (Lipinski definition) is 2. The van der Waals surface area contributed by atoms with Crippen molar-refractivity contribution in [3.8, 4) is 0 Å². The molecule has 2 rings (SSSR count). The van der Waals surface area contributed by atoms with Gasteiger partial charge in [-0.25, -0.2) is 9.37 Å². The Balaban J connectivity index is 2.42. The third kappa shape index (κ3) is 2.35. The number of nitrogens with two attached hydrogens (primary N) is 1. The van der Waals surface area contributed by atoms with E-state index in [0.717, 1.165) is 6.07 Å². The van der Waals surface area contributed by atoms with Gasteiger partial charge in [0, 0.05) is 12.4 Å². The zero-order valence-corrected chi connectivity index (χ0v) is 9.00. The first kappa shape index (κ1) is 12.6. The molecule has 7 heteroatoms. The molecule has 0 spiro atoms. The van der Waals surface area contributed by atoms with E-state index in [1.807, 2.05) is 0 Å². The van der Waals surface area contributed by atoms with Crippen LogP contribution in [0.15, 0.2) is 30.6 Å². The van der Waals surface area contributed by atoms with E-state index in [9.17, 15) is 17.6 Å². The maximum absolute atomic E-state index is 13.1. The highest BCUT2D eigenvalue weighted by atomic mass is 19.4. The fourth-order valence-electron chi connectivity index (χ4n) is 1.56. The number of nitrogens with zero attached hydrogens (tertiary/aromatic N) is 1. The number of H-pyrrole nitrogens is 1. The maximum Gasteiger partial charge on any atom is 0.419 e. The second-order valence-electron chi connectivity index (χ2n) is 3.69. The lowest BCUT2D eigenvalue weighted by molar-refractivity contribution is -0.140. The molecular formula is C11H9F4N3. The molecule has 1 aromatic heterocycles. The summed E-state index contributed by atoms with van der Waals surface area (Å²) in [6, 6.07) is 1.79. The van der Waals surface area contributed by atoms with Crippen LogP contribution in [0.25, 0.3) is 0 Å². The van der Waals surface area contributed by atoms with Crippen LogP contribution in [0.4, 0.5) is 17.6 Å². The number of rotatable bonds is 2. The summed E-state index contributed by atoms with van der Waals surface area (Å²) < 4.78 is 50.7. The Labute approximate surface area is 99.6 Å². The van der Waals surface area contributed by atoms with Gasteiger partial charge in [-0.1, -0.05) is 6.07 Å². The fraction of sp³-hybridized carbons (Fsp3) is 0.182. The van der Waals surface area contributed by atoms with Gasteiger partial charge in [0.25, 0.3) is 0 Å². The summed E-state index contributed by atoms with van der Waals surface area (Å²) in [5.74, 6) is -1.01. The average Bonchev–Trinajstić information content (AvgIpc) is 2.80. The molecule has 0 amide bonds. The summed E-state index contributed by atoms with van der Waals surface area (Å²) in [6.45, 7) is 0. The van der Waals surface area contributed by atoms with Gasteiger partial charge in [-0.15, -0.1) is 0 Å². The number of hydrogen-bond donors (Lipinski definition) is 2. The summed E-state index contributed by atoms with van der Waals surface area (Å²) in [4.78, 5) is 6.55. The highest BCUT2D eigenvalue weighted by Gasteiger charge is 2.34. The molecule has 0 radical (unpaired) electrons. The lowest BCUT2D eigenvalue weighted by atomic mass is 10.0. The number of imidazole rings is 1. The van der Waals surface area contributed by atoms with Crippen molar-refractivity contribution in [2.24, 2.45) is 5.73 Å². The molecule has 1 aromatic carbocycles. The molecule has 1 heterocycles. The zero-order valence-electron chi connectivity index (χ0n) is 9.00. The predicted molar refractivity (Wildman–Crippen MR) is 56.0 cm³/mol. The minimum atomic E-state index is -4.75. The lowest BCUT2D eigenvalue weighted by Gasteiger charge is -2.13. The van der Waals surface area contributed by atoms with Gasteiger partial charge in [0.15, 0.2) is 0 Å². The number of halogens is 4. The van der Waals surface area contributed by atoms with E-state index in [1.165, 1.54) is 18.5 Å². The van der Waals surface area contributed by atoms with Crippen molar-refractivity contribution >= 4 is 0 Å². The lowest BCUT2D eigenvalue weighted by Crippen LogP contribution is -2.16. The molecule has 0 aliphatic heterocycles. The first-order valence-corrected chi connectivity index (χ1v) is 5.01.